The highest BCUT2D eigenvalue weighted by atomic mass is 19.1. The summed E-state index contributed by atoms with van der Waals surface area (Å²) in [6, 6.07) is 6.65. The van der Waals surface area contributed by atoms with Gasteiger partial charge in [-0.1, -0.05) is 18.6 Å². The molecule has 1 aromatic carbocycles. The predicted octanol–water partition coefficient (Wildman–Crippen LogP) is 2.59. The molecule has 3 nitrogen and oxygen atoms in total. The molecule has 0 amide bonds. The second kappa shape index (κ2) is 6.65. The maximum atomic E-state index is 13.8. The summed E-state index contributed by atoms with van der Waals surface area (Å²) in [6.45, 7) is 1.54. The number of hydrogen-bond donors (Lipinski definition) is 1. The molecule has 0 bridgehead atoms. The monoisotopic (exact) mass is 262 g/mol. The maximum absolute atomic E-state index is 13.8. The van der Waals surface area contributed by atoms with Crippen LogP contribution in [0.4, 0.5) is 4.39 Å². The SMILES string of the molecule is N#Cc1cccc(COCC2CCCC2CN)c1F. The summed E-state index contributed by atoms with van der Waals surface area (Å²) in [4.78, 5) is 0. The van der Waals surface area contributed by atoms with Crippen molar-refractivity contribution in [2.75, 3.05) is 13.2 Å². The van der Waals surface area contributed by atoms with Crippen molar-refractivity contribution < 1.29 is 9.13 Å². The summed E-state index contributed by atoms with van der Waals surface area (Å²) in [5.74, 6) is 0.564. The lowest BCUT2D eigenvalue weighted by Crippen LogP contribution is -2.22. The molecule has 0 aliphatic heterocycles. The van der Waals surface area contributed by atoms with Crippen molar-refractivity contribution in [1.29, 1.82) is 5.26 Å². The molecular formula is C15H19FN2O. The van der Waals surface area contributed by atoms with E-state index in [1.807, 2.05) is 6.07 Å². The van der Waals surface area contributed by atoms with Gasteiger partial charge in [0.1, 0.15) is 11.9 Å². The molecule has 2 atom stereocenters. The van der Waals surface area contributed by atoms with E-state index in [4.69, 9.17) is 15.7 Å². The van der Waals surface area contributed by atoms with Gasteiger partial charge in [-0.15, -0.1) is 0 Å². The lowest BCUT2D eigenvalue weighted by atomic mass is 9.97. The van der Waals surface area contributed by atoms with Crippen LogP contribution in [-0.2, 0) is 11.3 Å². The zero-order valence-corrected chi connectivity index (χ0v) is 10.9. The Morgan fingerprint density at radius 1 is 1.37 bits per heavy atom. The highest BCUT2D eigenvalue weighted by Crippen LogP contribution is 2.31. The zero-order chi connectivity index (χ0) is 13.7. The smallest absolute Gasteiger partial charge is 0.146 e. The molecule has 19 heavy (non-hydrogen) atoms. The largest absolute Gasteiger partial charge is 0.376 e. The van der Waals surface area contributed by atoms with Crippen LogP contribution in [0.15, 0.2) is 18.2 Å². The number of nitriles is 1. The van der Waals surface area contributed by atoms with Gasteiger partial charge in [-0.2, -0.15) is 5.26 Å². The third kappa shape index (κ3) is 3.31. The second-order valence-electron chi connectivity index (χ2n) is 5.09. The molecule has 0 spiro atoms. The van der Waals surface area contributed by atoms with Crippen LogP contribution in [0.2, 0.25) is 0 Å². The van der Waals surface area contributed by atoms with Crippen LogP contribution >= 0.6 is 0 Å². The van der Waals surface area contributed by atoms with Crippen molar-refractivity contribution in [1.82, 2.24) is 0 Å². The minimum absolute atomic E-state index is 0.0711. The molecule has 102 valence electrons. The van der Waals surface area contributed by atoms with Gasteiger partial charge in [0.25, 0.3) is 0 Å². The van der Waals surface area contributed by atoms with Crippen LogP contribution in [0.5, 0.6) is 0 Å². The fraction of sp³-hybridized carbons (Fsp3) is 0.533. The first-order chi connectivity index (χ1) is 9.26. The van der Waals surface area contributed by atoms with E-state index in [0.29, 0.717) is 30.6 Å². The minimum Gasteiger partial charge on any atom is -0.376 e. The number of hydrogen-bond acceptors (Lipinski definition) is 3. The Hall–Kier alpha value is -1.44. The third-order valence-corrected chi connectivity index (χ3v) is 3.91. The van der Waals surface area contributed by atoms with Crippen LogP contribution in [0.3, 0.4) is 0 Å². The molecule has 2 unspecified atom stereocenters. The first-order valence-electron chi connectivity index (χ1n) is 6.71. The molecule has 1 fully saturated rings. The Morgan fingerprint density at radius 3 is 2.89 bits per heavy atom. The summed E-state index contributed by atoms with van der Waals surface area (Å²) in [5, 5.41) is 8.76. The molecule has 0 saturated heterocycles. The molecule has 1 saturated carbocycles. The number of nitrogens with two attached hydrogens (primary N) is 1. The molecule has 1 aliphatic rings. The molecule has 0 aromatic heterocycles. The quantitative estimate of drug-likeness (QED) is 0.887. The lowest BCUT2D eigenvalue weighted by Gasteiger charge is -2.17. The van der Waals surface area contributed by atoms with Gasteiger partial charge in [0.15, 0.2) is 0 Å². The van der Waals surface area contributed by atoms with Gasteiger partial charge in [-0.3, -0.25) is 0 Å². The van der Waals surface area contributed by atoms with Gasteiger partial charge in [0, 0.05) is 5.56 Å². The van der Waals surface area contributed by atoms with Gasteiger partial charge in [-0.25, -0.2) is 4.39 Å². The fourth-order valence-corrected chi connectivity index (χ4v) is 2.74. The summed E-state index contributed by atoms with van der Waals surface area (Å²) in [6.07, 6.45) is 3.51. The Kier molecular flexibility index (Phi) is 4.89. The van der Waals surface area contributed by atoms with Crippen molar-refractivity contribution in [3.05, 3.63) is 35.1 Å². The summed E-state index contributed by atoms with van der Waals surface area (Å²) in [7, 11) is 0. The van der Waals surface area contributed by atoms with Crippen molar-refractivity contribution >= 4 is 0 Å². The van der Waals surface area contributed by atoms with Gasteiger partial charge < -0.3 is 10.5 Å². The lowest BCUT2D eigenvalue weighted by molar-refractivity contribution is 0.0736. The average Bonchev–Trinajstić information content (AvgIpc) is 2.88. The fourth-order valence-electron chi connectivity index (χ4n) is 2.74. The number of nitrogens with zero attached hydrogens (tertiary/aromatic N) is 1. The molecular weight excluding hydrogens is 243 g/mol. The maximum Gasteiger partial charge on any atom is 0.146 e. The van der Waals surface area contributed by atoms with Gasteiger partial charge in [0.2, 0.25) is 0 Å². The molecule has 0 radical (unpaired) electrons. The van der Waals surface area contributed by atoms with Crippen LogP contribution in [0.1, 0.15) is 30.4 Å². The zero-order valence-electron chi connectivity index (χ0n) is 10.9. The van der Waals surface area contributed by atoms with E-state index < -0.39 is 5.82 Å². The first-order valence-corrected chi connectivity index (χ1v) is 6.71. The van der Waals surface area contributed by atoms with E-state index in [1.165, 1.54) is 18.9 Å². The van der Waals surface area contributed by atoms with E-state index in [2.05, 4.69) is 0 Å². The molecule has 2 N–H and O–H groups in total. The van der Waals surface area contributed by atoms with Crippen LogP contribution < -0.4 is 5.73 Å². The summed E-state index contributed by atoms with van der Waals surface area (Å²) in [5.41, 5.74) is 6.23. The highest BCUT2D eigenvalue weighted by molar-refractivity contribution is 5.34. The van der Waals surface area contributed by atoms with E-state index in [1.54, 1.807) is 12.1 Å². The van der Waals surface area contributed by atoms with E-state index in [9.17, 15) is 4.39 Å². The molecule has 2 rings (SSSR count). The summed E-state index contributed by atoms with van der Waals surface area (Å²) >= 11 is 0. The van der Waals surface area contributed by atoms with Crippen molar-refractivity contribution in [2.45, 2.75) is 25.9 Å². The van der Waals surface area contributed by atoms with E-state index in [-0.39, 0.29) is 12.2 Å². The van der Waals surface area contributed by atoms with Gasteiger partial charge in [-0.05, 0) is 37.3 Å². The first kappa shape index (κ1) is 14.0. The van der Waals surface area contributed by atoms with Crippen LogP contribution in [0.25, 0.3) is 0 Å². The number of rotatable bonds is 5. The van der Waals surface area contributed by atoms with Crippen molar-refractivity contribution in [3.8, 4) is 6.07 Å². The Balaban J connectivity index is 1.88. The molecule has 1 aliphatic carbocycles. The number of halogens is 1. The van der Waals surface area contributed by atoms with Crippen LogP contribution in [0, 0.1) is 29.0 Å². The van der Waals surface area contributed by atoms with Crippen molar-refractivity contribution in [2.24, 2.45) is 17.6 Å². The van der Waals surface area contributed by atoms with Gasteiger partial charge >= 0.3 is 0 Å². The number of benzene rings is 1. The molecule has 4 heteroatoms. The Labute approximate surface area is 113 Å². The van der Waals surface area contributed by atoms with E-state index in [0.717, 1.165) is 6.42 Å². The summed E-state index contributed by atoms with van der Waals surface area (Å²) < 4.78 is 19.4. The third-order valence-electron chi connectivity index (χ3n) is 3.91. The second-order valence-corrected chi connectivity index (χ2v) is 5.09. The number of ether oxygens (including phenoxy) is 1. The minimum atomic E-state index is -0.466. The molecule has 1 aromatic rings. The van der Waals surface area contributed by atoms with Crippen LogP contribution in [-0.4, -0.2) is 13.2 Å². The molecule has 0 heterocycles. The highest BCUT2D eigenvalue weighted by Gasteiger charge is 2.26. The normalized spacial score (nSPS) is 22.4. The topological polar surface area (TPSA) is 59.0 Å². The van der Waals surface area contributed by atoms with Gasteiger partial charge in [0.05, 0.1) is 18.8 Å². The Bertz CT molecular complexity index is 470. The Morgan fingerprint density at radius 2 is 2.16 bits per heavy atom. The standard InChI is InChI=1S/C15H19FN2O/c16-15-12(8-18)4-2-6-14(15)10-19-9-13-5-1-3-11(13)7-17/h2,4,6,11,13H,1,3,5,7,9-10,17H2. The van der Waals surface area contributed by atoms with E-state index >= 15 is 0 Å². The predicted molar refractivity (Wildman–Crippen MR) is 70.7 cm³/mol. The van der Waals surface area contributed by atoms with Crippen molar-refractivity contribution in [3.63, 3.8) is 0 Å². The average molecular weight is 262 g/mol.